The van der Waals surface area contributed by atoms with Crippen molar-refractivity contribution in [2.75, 3.05) is 11.0 Å². The van der Waals surface area contributed by atoms with Gasteiger partial charge in [0.1, 0.15) is 12.0 Å². The van der Waals surface area contributed by atoms with Gasteiger partial charge >= 0.3 is 0 Å². The molecule has 0 atom stereocenters. The number of carbonyl (C=O) groups is 1. The molecular formula is C11H13NO4S. The van der Waals surface area contributed by atoms with E-state index in [9.17, 15) is 13.2 Å². The van der Waals surface area contributed by atoms with Crippen LogP contribution in [0.1, 0.15) is 23.2 Å². The summed E-state index contributed by atoms with van der Waals surface area (Å²) in [5.74, 6) is 0.462. The summed E-state index contributed by atoms with van der Waals surface area (Å²) in [6.07, 6.45) is 3.84. The predicted octanol–water partition coefficient (Wildman–Crippen LogP) is 1.41. The van der Waals surface area contributed by atoms with Gasteiger partial charge in [-0.05, 0) is 31.0 Å². The van der Waals surface area contributed by atoms with Crippen molar-refractivity contribution in [3.63, 3.8) is 0 Å². The molecule has 0 heterocycles. The zero-order valence-electron chi connectivity index (χ0n) is 9.34. The number of sulfonamides is 1. The Balaban J connectivity index is 2.31. The molecule has 1 aromatic carbocycles. The summed E-state index contributed by atoms with van der Waals surface area (Å²) in [7, 11) is -3.39. The molecule has 5 nitrogen and oxygen atoms in total. The van der Waals surface area contributed by atoms with E-state index in [-0.39, 0.29) is 6.10 Å². The van der Waals surface area contributed by atoms with Gasteiger partial charge in [-0.1, -0.05) is 0 Å². The van der Waals surface area contributed by atoms with Crippen molar-refractivity contribution in [3.05, 3.63) is 23.8 Å². The van der Waals surface area contributed by atoms with Crippen LogP contribution in [0.25, 0.3) is 0 Å². The molecule has 0 bridgehead atoms. The third kappa shape index (κ3) is 3.45. The van der Waals surface area contributed by atoms with Gasteiger partial charge in [-0.15, -0.1) is 0 Å². The zero-order valence-corrected chi connectivity index (χ0v) is 10.2. The van der Waals surface area contributed by atoms with Gasteiger partial charge in [-0.25, -0.2) is 8.42 Å². The number of anilines is 1. The highest BCUT2D eigenvalue weighted by atomic mass is 32.2. The fourth-order valence-electron chi connectivity index (χ4n) is 1.37. The third-order valence-electron chi connectivity index (χ3n) is 2.25. The number of nitrogens with one attached hydrogen (secondary N) is 1. The fourth-order valence-corrected chi connectivity index (χ4v) is 1.93. The molecule has 0 radical (unpaired) electrons. The van der Waals surface area contributed by atoms with E-state index in [0.29, 0.717) is 23.3 Å². The van der Waals surface area contributed by atoms with Crippen LogP contribution in [0.4, 0.5) is 5.69 Å². The summed E-state index contributed by atoms with van der Waals surface area (Å²) >= 11 is 0. The van der Waals surface area contributed by atoms with Gasteiger partial charge in [0, 0.05) is 5.56 Å². The third-order valence-corrected chi connectivity index (χ3v) is 2.84. The molecular weight excluding hydrogens is 242 g/mol. The molecule has 6 heteroatoms. The van der Waals surface area contributed by atoms with E-state index in [0.717, 1.165) is 19.1 Å². The molecule has 0 saturated heterocycles. The van der Waals surface area contributed by atoms with Gasteiger partial charge in [-0.2, -0.15) is 0 Å². The lowest BCUT2D eigenvalue weighted by atomic mass is 10.2. The monoisotopic (exact) mass is 255 g/mol. The van der Waals surface area contributed by atoms with Crippen molar-refractivity contribution in [2.45, 2.75) is 18.9 Å². The molecule has 1 aliphatic rings. The van der Waals surface area contributed by atoms with Crippen molar-refractivity contribution in [3.8, 4) is 5.75 Å². The maximum Gasteiger partial charge on any atom is 0.229 e. The summed E-state index contributed by atoms with van der Waals surface area (Å²) < 4.78 is 30.3. The van der Waals surface area contributed by atoms with E-state index >= 15 is 0 Å². The van der Waals surface area contributed by atoms with Crippen molar-refractivity contribution in [1.29, 1.82) is 0 Å². The highest BCUT2D eigenvalue weighted by Crippen LogP contribution is 2.32. The number of benzene rings is 1. The molecule has 0 aliphatic heterocycles. The highest BCUT2D eigenvalue weighted by Gasteiger charge is 2.25. The first-order chi connectivity index (χ1) is 7.98. The number of hydrogen-bond donors (Lipinski definition) is 1. The Morgan fingerprint density at radius 2 is 2.12 bits per heavy atom. The number of ether oxygens (including phenoxy) is 1. The van der Waals surface area contributed by atoms with Crippen LogP contribution in [0, 0.1) is 0 Å². The van der Waals surface area contributed by atoms with Crippen molar-refractivity contribution in [2.24, 2.45) is 0 Å². The van der Waals surface area contributed by atoms with Crippen LogP contribution in [0.2, 0.25) is 0 Å². The standard InChI is InChI=1S/C11H13NO4S/c1-17(14,15)12-10-6-8(7-13)2-5-11(10)16-9-3-4-9/h2,5-7,9,12H,3-4H2,1H3. The summed E-state index contributed by atoms with van der Waals surface area (Å²) in [5.41, 5.74) is 0.711. The predicted molar refractivity (Wildman–Crippen MR) is 63.9 cm³/mol. The summed E-state index contributed by atoms with van der Waals surface area (Å²) in [6.45, 7) is 0. The molecule has 17 heavy (non-hydrogen) atoms. The smallest absolute Gasteiger partial charge is 0.229 e. The maximum atomic E-state index is 11.2. The van der Waals surface area contributed by atoms with Crippen molar-refractivity contribution in [1.82, 2.24) is 0 Å². The Labute approximate surface area is 99.8 Å². The second-order valence-electron chi connectivity index (χ2n) is 4.06. The van der Waals surface area contributed by atoms with Crippen molar-refractivity contribution >= 4 is 22.0 Å². The lowest BCUT2D eigenvalue weighted by molar-refractivity contribution is 0.112. The minimum atomic E-state index is -3.39. The minimum absolute atomic E-state index is 0.164. The Kier molecular flexibility index (Phi) is 3.06. The highest BCUT2D eigenvalue weighted by molar-refractivity contribution is 7.92. The van der Waals surface area contributed by atoms with E-state index in [4.69, 9.17) is 4.74 Å². The van der Waals surface area contributed by atoms with E-state index in [1.165, 1.54) is 6.07 Å². The summed E-state index contributed by atoms with van der Waals surface area (Å²) in [5, 5.41) is 0. The van der Waals surface area contributed by atoms with Crippen LogP contribution in [0.3, 0.4) is 0 Å². The Bertz CT molecular complexity index is 534. The van der Waals surface area contributed by atoms with Crippen LogP contribution < -0.4 is 9.46 Å². The van der Waals surface area contributed by atoms with E-state index in [1.54, 1.807) is 12.1 Å². The first-order valence-corrected chi connectivity index (χ1v) is 7.11. The summed E-state index contributed by atoms with van der Waals surface area (Å²) in [6, 6.07) is 4.67. The molecule has 0 aromatic heterocycles. The van der Waals surface area contributed by atoms with Gasteiger partial charge in [0.25, 0.3) is 0 Å². The van der Waals surface area contributed by atoms with E-state index in [1.807, 2.05) is 0 Å². The molecule has 92 valence electrons. The molecule has 0 amide bonds. The molecule has 1 N–H and O–H groups in total. The Morgan fingerprint density at radius 3 is 2.65 bits per heavy atom. The van der Waals surface area contributed by atoms with Crippen LogP contribution in [-0.4, -0.2) is 27.1 Å². The quantitative estimate of drug-likeness (QED) is 0.807. The number of carbonyl (C=O) groups excluding carboxylic acids is 1. The molecule has 1 aromatic rings. The van der Waals surface area contributed by atoms with E-state index in [2.05, 4.69) is 4.72 Å². The molecule has 1 saturated carbocycles. The van der Waals surface area contributed by atoms with Gasteiger partial charge in [0.15, 0.2) is 0 Å². The first kappa shape index (κ1) is 11.9. The topological polar surface area (TPSA) is 72.5 Å². The van der Waals surface area contributed by atoms with Gasteiger partial charge in [0.05, 0.1) is 18.0 Å². The minimum Gasteiger partial charge on any atom is -0.488 e. The normalized spacial score (nSPS) is 15.4. The van der Waals surface area contributed by atoms with E-state index < -0.39 is 10.0 Å². The second-order valence-corrected chi connectivity index (χ2v) is 5.81. The lowest BCUT2D eigenvalue weighted by Gasteiger charge is -2.12. The van der Waals surface area contributed by atoms with Crippen LogP contribution in [-0.2, 0) is 10.0 Å². The van der Waals surface area contributed by atoms with Gasteiger partial charge in [0.2, 0.25) is 10.0 Å². The van der Waals surface area contributed by atoms with Crippen molar-refractivity contribution < 1.29 is 17.9 Å². The van der Waals surface area contributed by atoms with Crippen LogP contribution in [0.5, 0.6) is 5.75 Å². The largest absolute Gasteiger partial charge is 0.488 e. The molecule has 1 fully saturated rings. The van der Waals surface area contributed by atoms with Crippen LogP contribution in [0.15, 0.2) is 18.2 Å². The second kappa shape index (κ2) is 4.37. The molecule has 0 spiro atoms. The van der Waals surface area contributed by atoms with Gasteiger partial charge in [-0.3, -0.25) is 9.52 Å². The molecule has 1 aliphatic carbocycles. The number of hydrogen-bond acceptors (Lipinski definition) is 4. The first-order valence-electron chi connectivity index (χ1n) is 5.21. The average Bonchev–Trinajstić information content (AvgIpc) is 3.02. The molecule has 2 rings (SSSR count). The summed E-state index contributed by atoms with van der Waals surface area (Å²) in [4.78, 5) is 10.7. The Hall–Kier alpha value is -1.56. The fraction of sp³-hybridized carbons (Fsp3) is 0.364. The Morgan fingerprint density at radius 1 is 1.41 bits per heavy atom. The maximum absolute atomic E-state index is 11.2. The zero-order chi connectivity index (χ0) is 12.5. The molecule has 0 unspecified atom stereocenters. The average molecular weight is 255 g/mol. The number of rotatable bonds is 5. The lowest BCUT2D eigenvalue weighted by Crippen LogP contribution is -2.11. The number of aldehydes is 1. The van der Waals surface area contributed by atoms with Crippen LogP contribution >= 0.6 is 0 Å². The van der Waals surface area contributed by atoms with Gasteiger partial charge < -0.3 is 4.74 Å². The SMILES string of the molecule is CS(=O)(=O)Nc1cc(C=O)ccc1OC1CC1.